The average molecular weight is 325 g/mol. The van der Waals surface area contributed by atoms with Gasteiger partial charge in [0.25, 0.3) is 11.6 Å². The Morgan fingerprint density at radius 1 is 1.43 bits per heavy atom. The van der Waals surface area contributed by atoms with Crippen molar-refractivity contribution in [2.24, 2.45) is 0 Å². The first kappa shape index (κ1) is 15.5. The van der Waals surface area contributed by atoms with Gasteiger partial charge in [-0.15, -0.1) is 11.3 Å². The van der Waals surface area contributed by atoms with Crippen molar-refractivity contribution in [3.05, 3.63) is 60.8 Å². The van der Waals surface area contributed by atoms with Gasteiger partial charge >= 0.3 is 0 Å². The second-order valence-electron chi connectivity index (χ2n) is 4.33. The lowest BCUT2D eigenvalue weighted by Gasteiger charge is -2.06. The maximum absolute atomic E-state index is 12.0. The smallest absolute Gasteiger partial charge is 0.287 e. The monoisotopic (exact) mass is 324 g/mol. The highest BCUT2D eigenvalue weighted by molar-refractivity contribution is 7.10. The van der Waals surface area contributed by atoms with Crippen molar-refractivity contribution in [1.29, 1.82) is 0 Å². The third kappa shape index (κ3) is 3.59. The summed E-state index contributed by atoms with van der Waals surface area (Å²) in [4.78, 5) is 23.2. The summed E-state index contributed by atoms with van der Waals surface area (Å²) in [7, 11) is 0. The number of halogens is 1. The molecule has 0 aliphatic heterocycles. The Kier molecular flexibility index (Phi) is 4.93. The van der Waals surface area contributed by atoms with Gasteiger partial charge < -0.3 is 5.32 Å². The zero-order valence-corrected chi connectivity index (χ0v) is 12.8. The minimum absolute atomic E-state index is 0.0435. The molecule has 0 spiro atoms. The van der Waals surface area contributed by atoms with Crippen LogP contribution in [0.25, 0.3) is 0 Å². The Morgan fingerprint density at radius 3 is 2.81 bits per heavy atom. The standard InChI is InChI=1S/C14H13ClN2O3S/c1-2-9-5-6-21-13(9)8-16-14(18)10-3-4-12(17(19)20)11(15)7-10/h3-7H,2,8H2,1H3,(H,16,18). The van der Waals surface area contributed by atoms with Crippen LogP contribution in [0, 0.1) is 10.1 Å². The van der Waals surface area contributed by atoms with Crippen LogP contribution in [0.3, 0.4) is 0 Å². The van der Waals surface area contributed by atoms with Crippen LogP contribution >= 0.6 is 22.9 Å². The molecule has 1 aromatic heterocycles. The molecule has 110 valence electrons. The van der Waals surface area contributed by atoms with Crippen molar-refractivity contribution in [3.8, 4) is 0 Å². The highest BCUT2D eigenvalue weighted by atomic mass is 35.5. The number of nitrogens with one attached hydrogen (secondary N) is 1. The Labute approximate surface area is 130 Å². The Balaban J connectivity index is 2.07. The van der Waals surface area contributed by atoms with E-state index in [0.717, 1.165) is 11.3 Å². The molecule has 0 aliphatic carbocycles. The first-order chi connectivity index (χ1) is 10.0. The Hall–Kier alpha value is -1.92. The lowest BCUT2D eigenvalue weighted by atomic mass is 10.2. The lowest BCUT2D eigenvalue weighted by molar-refractivity contribution is -0.384. The van der Waals surface area contributed by atoms with Crippen LogP contribution in [0.1, 0.15) is 27.7 Å². The summed E-state index contributed by atoms with van der Waals surface area (Å²) in [5.74, 6) is -0.303. The lowest BCUT2D eigenvalue weighted by Crippen LogP contribution is -2.22. The molecule has 5 nitrogen and oxygen atoms in total. The number of nitro benzene ring substituents is 1. The molecule has 0 unspecified atom stereocenters. The van der Waals surface area contributed by atoms with Crippen molar-refractivity contribution in [2.75, 3.05) is 0 Å². The van der Waals surface area contributed by atoms with E-state index in [1.807, 2.05) is 11.4 Å². The van der Waals surface area contributed by atoms with E-state index in [1.54, 1.807) is 11.3 Å². The topological polar surface area (TPSA) is 72.2 Å². The van der Waals surface area contributed by atoms with Gasteiger partial charge in [0.05, 0.1) is 11.5 Å². The second kappa shape index (κ2) is 6.69. The molecule has 2 aromatic rings. The van der Waals surface area contributed by atoms with Gasteiger partial charge in [0, 0.05) is 16.5 Å². The van der Waals surface area contributed by atoms with Gasteiger partial charge in [-0.05, 0) is 35.6 Å². The van der Waals surface area contributed by atoms with Gasteiger partial charge in [0.1, 0.15) is 5.02 Å². The fourth-order valence-corrected chi connectivity index (χ4v) is 3.06. The summed E-state index contributed by atoms with van der Waals surface area (Å²) in [5.41, 5.74) is 1.31. The summed E-state index contributed by atoms with van der Waals surface area (Å²) in [6.07, 6.45) is 0.915. The normalized spacial score (nSPS) is 10.4. The molecule has 1 N–H and O–H groups in total. The van der Waals surface area contributed by atoms with Crippen LogP contribution in [0.2, 0.25) is 5.02 Å². The molecule has 1 heterocycles. The van der Waals surface area contributed by atoms with Gasteiger partial charge in [-0.25, -0.2) is 0 Å². The van der Waals surface area contributed by atoms with Crippen LogP contribution in [0.4, 0.5) is 5.69 Å². The first-order valence-electron chi connectivity index (χ1n) is 6.30. The number of thiophene rings is 1. The molecule has 0 fully saturated rings. The number of carbonyl (C=O) groups is 1. The minimum Gasteiger partial charge on any atom is -0.347 e. The van der Waals surface area contributed by atoms with Gasteiger partial charge in [-0.1, -0.05) is 18.5 Å². The third-order valence-corrected chi connectivity index (χ3v) is 4.30. The van der Waals surface area contributed by atoms with Crippen LogP contribution in [0.5, 0.6) is 0 Å². The van der Waals surface area contributed by atoms with E-state index >= 15 is 0 Å². The summed E-state index contributed by atoms with van der Waals surface area (Å²) in [6.45, 7) is 2.50. The molecule has 21 heavy (non-hydrogen) atoms. The van der Waals surface area contributed by atoms with Gasteiger partial charge in [-0.3, -0.25) is 14.9 Å². The van der Waals surface area contributed by atoms with Gasteiger partial charge in [0.15, 0.2) is 0 Å². The van der Waals surface area contributed by atoms with Crippen LogP contribution < -0.4 is 5.32 Å². The number of aryl methyl sites for hydroxylation is 1. The molecule has 1 amide bonds. The highest BCUT2D eigenvalue weighted by Gasteiger charge is 2.15. The zero-order chi connectivity index (χ0) is 15.4. The van der Waals surface area contributed by atoms with E-state index in [4.69, 9.17) is 11.6 Å². The molecule has 1 aromatic carbocycles. The number of hydrogen-bond acceptors (Lipinski definition) is 4. The molecule has 0 atom stereocenters. The van der Waals surface area contributed by atoms with Crippen molar-refractivity contribution in [2.45, 2.75) is 19.9 Å². The van der Waals surface area contributed by atoms with E-state index in [-0.39, 0.29) is 16.6 Å². The Morgan fingerprint density at radius 2 is 2.19 bits per heavy atom. The second-order valence-corrected chi connectivity index (χ2v) is 5.74. The average Bonchev–Trinajstić information content (AvgIpc) is 2.91. The molecule has 0 radical (unpaired) electrons. The van der Waals surface area contributed by atoms with Crippen LogP contribution in [-0.4, -0.2) is 10.8 Å². The first-order valence-corrected chi connectivity index (χ1v) is 7.56. The molecule has 0 aliphatic rings. The molecular weight excluding hydrogens is 312 g/mol. The van der Waals surface area contributed by atoms with Crippen molar-refractivity contribution < 1.29 is 9.72 Å². The zero-order valence-electron chi connectivity index (χ0n) is 11.3. The van der Waals surface area contributed by atoms with E-state index in [1.165, 1.54) is 23.8 Å². The predicted octanol–water partition coefficient (Wildman–Crippen LogP) is 3.80. The number of rotatable bonds is 5. The fraction of sp³-hybridized carbons (Fsp3) is 0.214. The molecule has 2 rings (SSSR count). The van der Waals surface area contributed by atoms with Gasteiger partial charge in [-0.2, -0.15) is 0 Å². The van der Waals surface area contributed by atoms with E-state index < -0.39 is 4.92 Å². The SMILES string of the molecule is CCc1ccsc1CNC(=O)c1ccc([N+](=O)[O-])c(Cl)c1. The molecule has 0 bridgehead atoms. The predicted molar refractivity (Wildman–Crippen MR) is 83.0 cm³/mol. The van der Waals surface area contributed by atoms with Crippen molar-refractivity contribution >= 4 is 34.5 Å². The summed E-state index contributed by atoms with van der Waals surface area (Å²) in [6, 6.07) is 5.98. The number of carbonyl (C=O) groups excluding carboxylic acids is 1. The number of nitrogens with zero attached hydrogens (tertiary/aromatic N) is 1. The number of nitro groups is 1. The fourth-order valence-electron chi connectivity index (χ4n) is 1.90. The summed E-state index contributed by atoms with van der Waals surface area (Å²) in [5, 5.41) is 15.4. The quantitative estimate of drug-likeness (QED) is 0.671. The largest absolute Gasteiger partial charge is 0.347 e. The van der Waals surface area contributed by atoms with Crippen molar-refractivity contribution in [1.82, 2.24) is 5.32 Å². The summed E-state index contributed by atoms with van der Waals surface area (Å²) < 4.78 is 0. The molecule has 7 heteroatoms. The minimum atomic E-state index is -0.580. The summed E-state index contributed by atoms with van der Waals surface area (Å²) >= 11 is 7.39. The van der Waals surface area contributed by atoms with Gasteiger partial charge in [0.2, 0.25) is 0 Å². The van der Waals surface area contributed by atoms with E-state index in [9.17, 15) is 14.9 Å². The molecular formula is C14H13ClN2O3S. The number of benzene rings is 1. The highest BCUT2D eigenvalue weighted by Crippen LogP contribution is 2.25. The molecule has 0 saturated heterocycles. The molecule has 0 saturated carbocycles. The maximum Gasteiger partial charge on any atom is 0.287 e. The van der Waals surface area contributed by atoms with Crippen molar-refractivity contribution in [3.63, 3.8) is 0 Å². The maximum atomic E-state index is 12.0. The third-order valence-electron chi connectivity index (χ3n) is 3.03. The van der Waals surface area contributed by atoms with E-state index in [0.29, 0.717) is 12.1 Å². The van der Waals surface area contributed by atoms with E-state index in [2.05, 4.69) is 12.2 Å². The Bertz CT molecular complexity index is 685. The van der Waals surface area contributed by atoms with Crippen LogP contribution in [-0.2, 0) is 13.0 Å². The van der Waals surface area contributed by atoms with Crippen LogP contribution in [0.15, 0.2) is 29.6 Å². The number of hydrogen-bond donors (Lipinski definition) is 1. The number of amides is 1.